The molecule has 135 heavy (non-hydrogen) atoms. The Kier molecular flexibility index (Phi) is 27.4. The molecular weight excluding hydrogens is 1830 g/mol. The van der Waals surface area contributed by atoms with Crippen LogP contribution in [0.3, 0.4) is 0 Å². The van der Waals surface area contributed by atoms with Crippen LogP contribution in [0.4, 0.5) is 47.3 Å². The van der Waals surface area contributed by atoms with E-state index in [-0.39, 0.29) is 185 Å². The van der Waals surface area contributed by atoms with Crippen LogP contribution in [0.25, 0.3) is 83.2 Å². The van der Waals surface area contributed by atoms with Gasteiger partial charge in [0.1, 0.15) is 54.5 Å². The number of aromatic nitrogens is 6. The molecule has 0 radical (unpaired) electrons. The van der Waals surface area contributed by atoms with E-state index in [0.717, 1.165) is 18.2 Å². The summed E-state index contributed by atoms with van der Waals surface area (Å²) < 4.78 is 129. The Balaban J connectivity index is 0.000000152. The number of benzene rings is 6. The molecule has 3 fully saturated rings. The van der Waals surface area contributed by atoms with Crippen LogP contribution in [-0.2, 0) is 14.4 Å². The number of ether oxygens (including phenoxy) is 3. The summed E-state index contributed by atoms with van der Waals surface area (Å²) in [6.07, 6.45) is 10.0. The Morgan fingerprint density at radius 3 is 0.889 bits per heavy atom. The van der Waals surface area contributed by atoms with E-state index in [1.54, 1.807) is 72.3 Å². The Hall–Kier alpha value is -13.0. The molecule has 0 bridgehead atoms. The van der Waals surface area contributed by atoms with Gasteiger partial charge in [0.05, 0.1) is 118 Å². The fourth-order valence-corrected chi connectivity index (χ4v) is 20.0. The Morgan fingerprint density at radius 1 is 0.422 bits per heavy atom. The molecule has 0 saturated carbocycles. The van der Waals surface area contributed by atoms with Crippen molar-refractivity contribution in [3.05, 3.63) is 262 Å². The second-order valence-corrected chi connectivity index (χ2v) is 36.4. The first kappa shape index (κ1) is 96.5. The number of phenols is 3. The third kappa shape index (κ3) is 16.7. The van der Waals surface area contributed by atoms with Crippen molar-refractivity contribution in [2.75, 3.05) is 80.0 Å². The van der Waals surface area contributed by atoms with Gasteiger partial charge in [-0.15, -0.1) is 0 Å². The van der Waals surface area contributed by atoms with E-state index >= 15 is 26.3 Å². The van der Waals surface area contributed by atoms with E-state index in [0.29, 0.717) is 107 Å². The Morgan fingerprint density at radius 2 is 0.667 bits per heavy atom. The highest BCUT2D eigenvalue weighted by Crippen LogP contribution is 2.53. The summed E-state index contributed by atoms with van der Waals surface area (Å²) in [4.78, 5) is 106. The predicted octanol–water partition coefficient (Wildman–Crippen LogP) is 19.6. The molecular formula is C100H96Cl3F7N12O12S. The molecule has 6 aliphatic heterocycles. The molecule has 3 N–H and O–H groups in total. The Labute approximate surface area is 791 Å². The van der Waals surface area contributed by atoms with Crippen molar-refractivity contribution >= 4 is 114 Å². The van der Waals surface area contributed by atoms with Gasteiger partial charge in [-0.05, 0) is 167 Å². The third-order valence-corrected chi connectivity index (χ3v) is 26.3. The molecule has 704 valence electrons. The number of aryl methyl sites for hydroxylation is 3. The first-order valence-electron chi connectivity index (χ1n) is 43.5. The van der Waals surface area contributed by atoms with Gasteiger partial charge >= 0.3 is 0 Å². The van der Waals surface area contributed by atoms with Crippen molar-refractivity contribution in [2.45, 2.75) is 137 Å². The van der Waals surface area contributed by atoms with E-state index < -0.39 is 85.5 Å². The van der Waals surface area contributed by atoms with Crippen LogP contribution < -0.4 is 45.6 Å². The van der Waals surface area contributed by atoms with Crippen molar-refractivity contribution in [3.63, 3.8) is 0 Å². The summed E-state index contributed by atoms with van der Waals surface area (Å²) >= 11 is 20.4. The fourth-order valence-electron chi connectivity index (χ4n) is 19.2. The van der Waals surface area contributed by atoms with Gasteiger partial charge < -0.3 is 58.9 Å². The molecule has 6 aromatic heterocycles. The zero-order valence-corrected chi connectivity index (χ0v) is 79.0. The average Bonchev–Trinajstić information content (AvgIpc) is 0.714. The molecule has 0 unspecified atom stereocenters. The number of hydrogen-bond acceptors (Lipinski definition) is 19. The molecule has 3 amide bonds. The normalized spacial score (nSPS) is 17.6. The lowest BCUT2D eigenvalue weighted by Crippen LogP contribution is -2.62. The number of anilines is 3. The van der Waals surface area contributed by atoms with Crippen LogP contribution in [0.15, 0.2) is 162 Å². The number of carbonyl (C=O) groups is 3. The molecule has 12 heterocycles. The lowest BCUT2D eigenvalue weighted by molar-refractivity contribution is -0.130. The number of hydrogen-bond donors (Lipinski definition) is 3. The molecule has 24 nitrogen and oxygen atoms in total. The highest BCUT2D eigenvalue weighted by atomic mass is 35.5. The lowest BCUT2D eigenvalue weighted by atomic mass is 9.97. The summed E-state index contributed by atoms with van der Waals surface area (Å²) in [6, 6.07) is 18.7. The van der Waals surface area contributed by atoms with Crippen molar-refractivity contribution in [1.82, 2.24) is 43.4 Å². The van der Waals surface area contributed by atoms with E-state index in [1.165, 1.54) is 92.8 Å². The zero-order chi connectivity index (χ0) is 97.5. The number of phenolic OH excluding ortho intramolecular Hbond substituents is 3. The van der Waals surface area contributed by atoms with Gasteiger partial charge in [0.15, 0.2) is 17.5 Å². The summed E-state index contributed by atoms with van der Waals surface area (Å²) in [7, 11) is 0. The molecule has 35 heteroatoms. The first-order valence-corrected chi connectivity index (χ1v) is 45.8. The van der Waals surface area contributed by atoms with Gasteiger partial charge in [0, 0.05) is 127 Å². The number of pyridine rings is 6. The van der Waals surface area contributed by atoms with Crippen molar-refractivity contribution in [1.29, 1.82) is 0 Å². The maximum atomic E-state index is 17.2. The van der Waals surface area contributed by atoms with E-state index in [2.05, 4.69) is 34.7 Å². The number of aromatic hydroxyl groups is 3. The smallest absolute Gasteiger partial charge is 0.300 e. The van der Waals surface area contributed by atoms with Crippen LogP contribution >= 0.6 is 47.0 Å². The molecule has 0 spiro atoms. The van der Waals surface area contributed by atoms with Crippen LogP contribution in [-0.4, -0.2) is 178 Å². The number of piperazine rings is 3. The van der Waals surface area contributed by atoms with Crippen molar-refractivity contribution in [3.8, 4) is 84.9 Å². The van der Waals surface area contributed by atoms with E-state index in [1.807, 2.05) is 77.0 Å². The molecule has 6 aromatic carbocycles. The van der Waals surface area contributed by atoms with E-state index in [9.17, 15) is 48.0 Å². The number of nitrogens with zero attached hydrogens (tertiary/aromatic N) is 12. The first-order chi connectivity index (χ1) is 64.3. The van der Waals surface area contributed by atoms with Crippen molar-refractivity contribution < 1.29 is 74.1 Å². The summed E-state index contributed by atoms with van der Waals surface area (Å²) in [5.74, 6) is -8.15. The standard InChI is InChI=1S/3C33H31ClF2N4O4.CH3FS/c3*1-6-24(42)38-14-19-15-44-32-31(39(19)13-18(38)5)20-12-21(34)25(26-22(35)8-7-9-23(26)41)27(36)30(20)40(33(32)43)29-17(4)10-11-37-28(29)16(2)3;1-3-2/h3*6-12,16,18-19,41H,1,13-15H2,2-5H3;1H3/t3*18-,19-;/m111./s1. The minimum absolute atomic E-state index is 0.0133. The predicted molar refractivity (Wildman–Crippen MR) is 513 cm³/mol. The van der Waals surface area contributed by atoms with Gasteiger partial charge in [0.25, 0.3) is 16.7 Å². The lowest BCUT2D eigenvalue weighted by Gasteiger charge is -2.48. The average molecular weight is 1930 g/mol. The Bertz CT molecular complexity index is 6400. The largest absolute Gasteiger partial charge is 0.507 e. The molecule has 6 aliphatic rings. The second kappa shape index (κ2) is 38.4. The van der Waals surface area contributed by atoms with Gasteiger partial charge in [0.2, 0.25) is 35.0 Å². The molecule has 3 saturated heterocycles. The summed E-state index contributed by atoms with van der Waals surface area (Å²) in [5, 5.41) is 32.2. The van der Waals surface area contributed by atoms with Gasteiger partial charge in [-0.1, -0.05) is 114 Å². The number of carbonyl (C=O) groups excluding carboxylic acids is 3. The molecule has 6 atom stereocenters. The topological polar surface area (TPSA) is 264 Å². The zero-order valence-electron chi connectivity index (χ0n) is 75.9. The number of amides is 3. The van der Waals surface area contributed by atoms with Crippen LogP contribution in [0, 0.1) is 55.7 Å². The molecule has 0 aliphatic carbocycles. The summed E-state index contributed by atoms with van der Waals surface area (Å²) in [5.41, 5.74) is 1.10. The van der Waals surface area contributed by atoms with Gasteiger partial charge in [-0.2, -0.15) is 3.89 Å². The fraction of sp³-hybridized carbons (Fsp3) is 0.310. The number of halogens is 10. The van der Waals surface area contributed by atoms with Crippen LogP contribution in [0.1, 0.15) is 114 Å². The van der Waals surface area contributed by atoms with Crippen molar-refractivity contribution in [2.24, 2.45) is 0 Å². The third-order valence-electron chi connectivity index (χ3n) is 25.4. The second-order valence-electron chi connectivity index (χ2n) is 34.9. The maximum Gasteiger partial charge on any atom is 0.300 e. The van der Waals surface area contributed by atoms with Gasteiger partial charge in [-0.25, -0.2) is 26.3 Å². The monoisotopic (exact) mass is 1930 g/mol. The number of rotatable bonds is 12. The molecule has 12 aromatic rings. The van der Waals surface area contributed by atoms with E-state index in [4.69, 9.17) is 49.0 Å². The van der Waals surface area contributed by atoms with Crippen LogP contribution in [0.2, 0.25) is 15.1 Å². The van der Waals surface area contributed by atoms with Gasteiger partial charge in [-0.3, -0.25) is 57.4 Å². The highest BCUT2D eigenvalue weighted by Gasteiger charge is 2.47. The quantitative estimate of drug-likeness (QED) is 0.0758. The highest BCUT2D eigenvalue weighted by molar-refractivity contribution is 7.93. The molecule has 18 rings (SSSR count). The SMILES string of the molecule is C=CC(=O)N1C[C@@H]2COc3c(c4cc(Cl)c(-c5c(O)cccc5F)c(F)c4n(-c4c(C)ccnc4C(C)C)c3=O)N2C[C@H]1C.C=CC(=O)N1C[C@@H]2COc3c(c4cc(Cl)c(-c5c(O)cccc5F)c(F)c4n(-c4c(C)ccnc4C(C)C)c3=O)N2C[C@H]1C.C=CC(=O)N1C[C@@H]2COc3c(c4cc(Cl)c(-c5c(O)cccc5F)c(F)c4n(-c4c(C)ccnc4C(C)C)c3=O)N2C[C@H]1C.CSF. The minimum Gasteiger partial charge on any atom is -0.507 e. The summed E-state index contributed by atoms with van der Waals surface area (Å²) in [6.45, 7) is 35.6. The maximum absolute atomic E-state index is 17.2. The minimum atomic E-state index is -0.985. The van der Waals surface area contributed by atoms with Crippen LogP contribution in [0.5, 0.6) is 34.5 Å². The number of fused-ring (bicyclic) bond motifs is 15.